The fourth-order valence-electron chi connectivity index (χ4n) is 3.14. The largest absolute Gasteiger partial charge is 0.396 e. The van der Waals surface area contributed by atoms with Gasteiger partial charge in [0.25, 0.3) is 0 Å². The van der Waals surface area contributed by atoms with Gasteiger partial charge in [0.1, 0.15) is 0 Å². The normalized spacial score (nSPS) is 14.0. The fourth-order valence-corrected chi connectivity index (χ4v) is 3.86. The average molecular weight is 456 g/mol. The van der Waals surface area contributed by atoms with E-state index in [-0.39, 0.29) is 31.9 Å². The molecule has 9 nitrogen and oxygen atoms in total. The topological polar surface area (TPSA) is 136 Å². The molecular weight excluding hydrogens is 422 g/mol. The van der Waals surface area contributed by atoms with Gasteiger partial charge in [0.05, 0.1) is 18.1 Å². The number of aliphatic hydroxyl groups excluding tert-OH is 1. The Morgan fingerprint density at radius 2 is 1.77 bits per heavy atom. The summed E-state index contributed by atoms with van der Waals surface area (Å²) in [5, 5.41) is 18.2. The molecule has 0 spiro atoms. The second-order valence-corrected chi connectivity index (χ2v) is 9.66. The van der Waals surface area contributed by atoms with Gasteiger partial charge in [-0.2, -0.15) is 0 Å². The Bertz CT molecular complexity index is 827. The molecule has 0 bridgehead atoms. The van der Waals surface area contributed by atoms with Gasteiger partial charge in [-0.1, -0.05) is 56.3 Å². The SMILES string of the molecule is CC(C)C[C@@H](C(=O)NN(CCCO)S(C)(=O)=O)[C@H](CC=Cc1ccccc1)C(=O)NO. The molecule has 10 heteroatoms. The number of nitrogens with zero attached hydrogens (tertiary/aromatic N) is 1. The van der Waals surface area contributed by atoms with Crippen molar-refractivity contribution in [3.05, 3.63) is 42.0 Å². The van der Waals surface area contributed by atoms with Gasteiger partial charge in [0.15, 0.2) is 0 Å². The number of allylic oxidation sites excluding steroid dienone is 1. The second kappa shape index (κ2) is 13.2. The van der Waals surface area contributed by atoms with E-state index in [9.17, 15) is 23.2 Å². The van der Waals surface area contributed by atoms with Crippen molar-refractivity contribution >= 4 is 27.9 Å². The minimum atomic E-state index is -3.77. The quantitative estimate of drug-likeness (QED) is 0.263. The maximum Gasteiger partial charge on any atom is 0.247 e. The van der Waals surface area contributed by atoms with Crippen LogP contribution in [0.2, 0.25) is 0 Å². The van der Waals surface area contributed by atoms with Crippen LogP contribution in [0.1, 0.15) is 38.7 Å². The lowest BCUT2D eigenvalue weighted by atomic mass is 9.82. The molecule has 0 saturated carbocycles. The average Bonchev–Trinajstić information content (AvgIpc) is 2.72. The van der Waals surface area contributed by atoms with Crippen molar-refractivity contribution in [1.29, 1.82) is 0 Å². The van der Waals surface area contributed by atoms with Crippen LogP contribution in [0.15, 0.2) is 36.4 Å². The second-order valence-electron chi connectivity index (χ2n) is 7.76. The summed E-state index contributed by atoms with van der Waals surface area (Å²) < 4.78 is 24.8. The monoisotopic (exact) mass is 455 g/mol. The number of benzene rings is 1. The van der Waals surface area contributed by atoms with Crippen LogP contribution >= 0.6 is 0 Å². The van der Waals surface area contributed by atoms with Crippen LogP contribution in [0.3, 0.4) is 0 Å². The number of hydrogen-bond acceptors (Lipinski definition) is 6. The highest BCUT2D eigenvalue weighted by atomic mass is 32.2. The number of nitrogens with one attached hydrogen (secondary N) is 2. The van der Waals surface area contributed by atoms with E-state index in [4.69, 9.17) is 5.11 Å². The van der Waals surface area contributed by atoms with Gasteiger partial charge in [-0.3, -0.25) is 20.2 Å². The summed E-state index contributed by atoms with van der Waals surface area (Å²) >= 11 is 0. The zero-order valence-corrected chi connectivity index (χ0v) is 19.0. The number of carbonyl (C=O) groups is 2. The number of amides is 2. The lowest BCUT2D eigenvalue weighted by Gasteiger charge is -2.28. The predicted octanol–water partition coefficient (Wildman–Crippen LogP) is 1.55. The molecule has 0 aliphatic rings. The molecular formula is C21H33N3O6S. The molecule has 4 N–H and O–H groups in total. The molecule has 1 rings (SSSR count). The summed E-state index contributed by atoms with van der Waals surface area (Å²) in [4.78, 5) is 25.4. The third-order valence-electron chi connectivity index (χ3n) is 4.65. The Kier molecular flexibility index (Phi) is 11.4. The maximum absolute atomic E-state index is 13.0. The van der Waals surface area contributed by atoms with E-state index in [1.165, 1.54) is 0 Å². The Morgan fingerprint density at radius 3 is 2.29 bits per heavy atom. The summed E-state index contributed by atoms with van der Waals surface area (Å²) in [6.45, 7) is 3.43. The molecule has 0 saturated heterocycles. The van der Waals surface area contributed by atoms with Crippen molar-refractivity contribution in [2.24, 2.45) is 17.8 Å². The summed E-state index contributed by atoms with van der Waals surface area (Å²) in [5.41, 5.74) is 4.92. The zero-order valence-electron chi connectivity index (χ0n) is 18.2. The smallest absolute Gasteiger partial charge is 0.247 e. The molecule has 2 atom stereocenters. The fraction of sp³-hybridized carbons (Fsp3) is 0.524. The third kappa shape index (κ3) is 9.60. The first-order chi connectivity index (χ1) is 14.6. The number of rotatable bonds is 13. The molecule has 0 unspecified atom stereocenters. The van der Waals surface area contributed by atoms with E-state index in [1.54, 1.807) is 11.6 Å². The van der Waals surface area contributed by atoms with E-state index in [0.29, 0.717) is 6.42 Å². The Labute approximate surface area is 184 Å². The highest BCUT2D eigenvalue weighted by Crippen LogP contribution is 2.25. The van der Waals surface area contributed by atoms with Crippen molar-refractivity contribution in [2.45, 2.75) is 33.1 Å². The molecule has 174 valence electrons. The van der Waals surface area contributed by atoms with Gasteiger partial charge in [-0.05, 0) is 30.7 Å². The van der Waals surface area contributed by atoms with Crippen LogP contribution < -0.4 is 10.9 Å². The molecule has 1 aromatic rings. The molecule has 0 aliphatic carbocycles. The van der Waals surface area contributed by atoms with Gasteiger partial charge in [0, 0.05) is 13.2 Å². The first-order valence-electron chi connectivity index (χ1n) is 10.1. The van der Waals surface area contributed by atoms with E-state index >= 15 is 0 Å². The highest BCUT2D eigenvalue weighted by Gasteiger charge is 2.35. The minimum Gasteiger partial charge on any atom is -0.396 e. The lowest BCUT2D eigenvalue weighted by molar-refractivity contribution is -0.141. The van der Waals surface area contributed by atoms with Gasteiger partial charge >= 0.3 is 0 Å². The number of carbonyl (C=O) groups excluding carboxylic acids is 2. The molecule has 0 aliphatic heterocycles. The van der Waals surface area contributed by atoms with Crippen LogP contribution in [-0.4, -0.2) is 54.4 Å². The molecule has 0 radical (unpaired) electrons. The number of sulfonamides is 1. The van der Waals surface area contributed by atoms with Gasteiger partial charge in [-0.15, -0.1) is 4.41 Å². The van der Waals surface area contributed by atoms with Crippen molar-refractivity contribution in [1.82, 2.24) is 15.3 Å². The third-order valence-corrected chi connectivity index (χ3v) is 5.72. The Hall–Kier alpha value is -2.27. The number of aliphatic hydroxyl groups is 1. The molecule has 1 aromatic carbocycles. The van der Waals surface area contributed by atoms with E-state index in [2.05, 4.69) is 5.43 Å². The van der Waals surface area contributed by atoms with Crippen LogP contribution in [0.4, 0.5) is 0 Å². The Morgan fingerprint density at radius 1 is 1.13 bits per heavy atom. The van der Waals surface area contributed by atoms with Crippen LogP contribution in [0.25, 0.3) is 6.08 Å². The standard InChI is InChI=1S/C21H33N3O6S/c1-16(2)15-19(20(26)22-24(13-8-14-25)31(3,29)30)18(21(27)23-28)12-7-11-17-9-5-4-6-10-17/h4-7,9-11,16,18-19,25,28H,8,12-15H2,1-3H3,(H,22,26)(H,23,27)/t18-,19+/m0/s1. The van der Waals surface area contributed by atoms with E-state index < -0.39 is 33.7 Å². The maximum atomic E-state index is 13.0. The van der Waals surface area contributed by atoms with E-state index in [0.717, 1.165) is 16.2 Å². The Balaban J connectivity index is 3.11. The highest BCUT2D eigenvalue weighted by molar-refractivity contribution is 7.88. The molecule has 0 fully saturated rings. The number of hydroxylamine groups is 1. The summed E-state index contributed by atoms with van der Waals surface area (Å²) in [5.74, 6) is -3.12. The predicted molar refractivity (Wildman–Crippen MR) is 118 cm³/mol. The molecule has 0 heterocycles. The summed E-state index contributed by atoms with van der Waals surface area (Å²) in [6.07, 6.45) is 5.12. The lowest BCUT2D eigenvalue weighted by Crippen LogP contribution is -2.51. The van der Waals surface area contributed by atoms with Crippen molar-refractivity contribution in [3.8, 4) is 0 Å². The van der Waals surface area contributed by atoms with Gasteiger partial charge in [-0.25, -0.2) is 13.9 Å². The molecule has 2 amide bonds. The van der Waals surface area contributed by atoms with Crippen LogP contribution in [0, 0.1) is 17.8 Å². The molecule has 0 aromatic heterocycles. The minimum absolute atomic E-state index is 0.0342. The summed E-state index contributed by atoms with van der Waals surface area (Å²) in [6, 6.07) is 9.41. The van der Waals surface area contributed by atoms with E-state index in [1.807, 2.05) is 50.3 Å². The van der Waals surface area contributed by atoms with Crippen molar-refractivity contribution < 1.29 is 28.3 Å². The van der Waals surface area contributed by atoms with Crippen LogP contribution in [-0.2, 0) is 19.6 Å². The first kappa shape index (κ1) is 26.8. The van der Waals surface area contributed by atoms with Gasteiger partial charge in [0.2, 0.25) is 21.8 Å². The molecule has 31 heavy (non-hydrogen) atoms. The first-order valence-corrected chi connectivity index (χ1v) is 12.0. The number of hydrazine groups is 1. The van der Waals surface area contributed by atoms with Gasteiger partial charge < -0.3 is 5.11 Å². The van der Waals surface area contributed by atoms with Crippen molar-refractivity contribution in [2.75, 3.05) is 19.4 Å². The number of hydrogen-bond donors (Lipinski definition) is 4. The van der Waals surface area contributed by atoms with Crippen molar-refractivity contribution in [3.63, 3.8) is 0 Å². The van der Waals surface area contributed by atoms with Crippen LogP contribution in [0.5, 0.6) is 0 Å². The zero-order chi connectivity index (χ0) is 23.4. The summed E-state index contributed by atoms with van der Waals surface area (Å²) in [7, 11) is -3.77.